The van der Waals surface area contributed by atoms with Crippen LogP contribution in [-0.2, 0) is 7.05 Å². The molecule has 0 aromatic carbocycles. The summed E-state index contributed by atoms with van der Waals surface area (Å²) in [5, 5.41) is 7.65. The molecule has 0 radical (unpaired) electrons. The molecule has 6 nitrogen and oxygen atoms in total. The third-order valence-electron chi connectivity index (χ3n) is 3.25. The van der Waals surface area contributed by atoms with Crippen molar-refractivity contribution in [2.45, 2.75) is 6.04 Å². The summed E-state index contributed by atoms with van der Waals surface area (Å²) in [6.07, 6.45) is 5.08. The molecule has 104 valence electrons. The number of hydrogen-bond acceptors (Lipinski definition) is 4. The first-order valence-corrected chi connectivity index (χ1v) is 6.66. The van der Waals surface area contributed by atoms with Crippen LogP contribution in [0.1, 0.15) is 10.5 Å². The number of aryl methyl sites for hydroxylation is 1. The molecule has 3 rings (SSSR count). The minimum atomic E-state index is -0.143. The second-order valence-electron chi connectivity index (χ2n) is 4.78. The Morgan fingerprint density at radius 1 is 1.45 bits per heavy atom. The molecule has 1 aliphatic heterocycles. The number of rotatable bonds is 3. The molecule has 0 unspecified atom stereocenters. The van der Waals surface area contributed by atoms with E-state index in [-0.39, 0.29) is 11.9 Å². The maximum absolute atomic E-state index is 11.9. The number of amides is 1. The lowest BCUT2D eigenvalue weighted by molar-refractivity contribution is 0.0924. The van der Waals surface area contributed by atoms with Gasteiger partial charge < -0.3 is 10.2 Å². The molecule has 1 amide bonds. The largest absolute Gasteiger partial charge is 0.366 e. The Hall–Kier alpha value is -2.08. The van der Waals surface area contributed by atoms with Crippen LogP contribution in [0.25, 0.3) is 0 Å². The standard InChI is InChI=1S/C13H14ClN5O/c1-18-5-3-11(17-18)13(20)16-9-7-19(8-9)12-2-4-15-6-10(12)14/h2-6,9H,7-8H2,1H3,(H,16,20). The molecule has 1 aliphatic rings. The van der Waals surface area contributed by atoms with Crippen LogP contribution in [0.5, 0.6) is 0 Å². The molecule has 1 N–H and O–H groups in total. The van der Waals surface area contributed by atoms with E-state index in [2.05, 4.69) is 20.3 Å². The van der Waals surface area contributed by atoms with E-state index in [1.807, 2.05) is 6.07 Å². The predicted molar refractivity (Wildman–Crippen MR) is 75.9 cm³/mol. The molecule has 1 fully saturated rings. The molecule has 7 heteroatoms. The molecular weight excluding hydrogens is 278 g/mol. The molecule has 2 aromatic heterocycles. The fraction of sp³-hybridized carbons (Fsp3) is 0.308. The topological polar surface area (TPSA) is 63.1 Å². The first-order valence-electron chi connectivity index (χ1n) is 6.28. The van der Waals surface area contributed by atoms with Gasteiger partial charge in [0.15, 0.2) is 0 Å². The fourth-order valence-corrected chi connectivity index (χ4v) is 2.43. The summed E-state index contributed by atoms with van der Waals surface area (Å²) in [6, 6.07) is 3.69. The number of carbonyl (C=O) groups is 1. The first-order chi connectivity index (χ1) is 9.63. The molecule has 0 aliphatic carbocycles. The van der Waals surface area contributed by atoms with Gasteiger partial charge in [-0.3, -0.25) is 14.5 Å². The lowest BCUT2D eigenvalue weighted by Gasteiger charge is -2.41. The van der Waals surface area contributed by atoms with Crippen molar-refractivity contribution in [2.24, 2.45) is 7.05 Å². The van der Waals surface area contributed by atoms with Crippen LogP contribution in [0.3, 0.4) is 0 Å². The van der Waals surface area contributed by atoms with E-state index in [9.17, 15) is 4.79 Å². The first kappa shape index (κ1) is 12.9. The van der Waals surface area contributed by atoms with E-state index in [0.29, 0.717) is 10.7 Å². The van der Waals surface area contributed by atoms with Crippen molar-refractivity contribution in [1.29, 1.82) is 0 Å². The smallest absolute Gasteiger partial charge is 0.272 e. The average molecular weight is 292 g/mol. The van der Waals surface area contributed by atoms with Gasteiger partial charge in [-0.1, -0.05) is 11.6 Å². The quantitative estimate of drug-likeness (QED) is 0.919. The molecule has 3 heterocycles. The van der Waals surface area contributed by atoms with Crippen LogP contribution in [0.15, 0.2) is 30.7 Å². The lowest BCUT2D eigenvalue weighted by atomic mass is 10.1. The normalized spacial score (nSPS) is 15.0. The SMILES string of the molecule is Cn1ccc(C(=O)NC2CN(c3ccncc3Cl)C2)n1. The monoisotopic (exact) mass is 291 g/mol. The molecular formula is C13H14ClN5O. The van der Waals surface area contributed by atoms with Crippen LogP contribution >= 0.6 is 11.6 Å². The summed E-state index contributed by atoms with van der Waals surface area (Å²) in [4.78, 5) is 18.0. The maximum Gasteiger partial charge on any atom is 0.272 e. The molecule has 1 saturated heterocycles. The van der Waals surface area contributed by atoms with Crippen molar-refractivity contribution in [3.8, 4) is 0 Å². The Kier molecular flexibility index (Phi) is 3.31. The zero-order valence-electron chi connectivity index (χ0n) is 11.0. The van der Waals surface area contributed by atoms with E-state index in [1.54, 1.807) is 36.4 Å². The van der Waals surface area contributed by atoms with Gasteiger partial charge in [-0.05, 0) is 12.1 Å². The zero-order valence-corrected chi connectivity index (χ0v) is 11.7. The number of aromatic nitrogens is 3. The Morgan fingerprint density at radius 3 is 2.90 bits per heavy atom. The van der Waals surface area contributed by atoms with Gasteiger partial charge >= 0.3 is 0 Å². The van der Waals surface area contributed by atoms with E-state index in [0.717, 1.165) is 18.8 Å². The van der Waals surface area contributed by atoms with Gasteiger partial charge in [0.1, 0.15) is 5.69 Å². The highest BCUT2D eigenvalue weighted by Gasteiger charge is 2.29. The molecule has 20 heavy (non-hydrogen) atoms. The van der Waals surface area contributed by atoms with Gasteiger partial charge in [-0.25, -0.2) is 0 Å². The van der Waals surface area contributed by atoms with Crippen LogP contribution < -0.4 is 10.2 Å². The average Bonchev–Trinajstić information content (AvgIpc) is 2.81. The number of pyridine rings is 1. The Morgan fingerprint density at radius 2 is 2.25 bits per heavy atom. The van der Waals surface area contributed by atoms with Crippen molar-refractivity contribution in [1.82, 2.24) is 20.1 Å². The van der Waals surface area contributed by atoms with Gasteiger partial charge in [0.25, 0.3) is 5.91 Å². The van der Waals surface area contributed by atoms with Gasteiger partial charge in [-0.15, -0.1) is 0 Å². The van der Waals surface area contributed by atoms with Crippen molar-refractivity contribution in [3.63, 3.8) is 0 Å². The Labute approximate surface area is 121 Å². The van der Waals surface area contributed by atoms with E-state index < -0.39 is 0 Å². The summed E-state index contributed by atoms with van der Waals surface area (Å²) in [5.41, 5.74) is 1.39. The number of nitrogens with one attached hydrogen (secondary N) is 1. The van der Waals surface area contributed by atoms with Crippen LogP contribution in [0.2, 0.25) is 5.02 Å². The van der Waals surface area contributed by atoms with E-state index in [1.165, 1.54) is 0 Å². The minimum absolute atomic E-state index is 0.119. The van der Waals surface area contributed by atoms with Crippen molar-refractivity contribution < 1.29 is 4.79 Å². The van der Waals surface area contributed by atoms with Crippen LogP contribution in [-0.4, -0.2) is 39.8 Å². The predicted octanol–water partition coefficient (Wildman–Crippen LogP) is 1.09. The minimum Gasteiger partial charge on any atom is -0.366 e. The van der Waals surface area contributed by atoms with Crippen LogP contribution in [0, 0.1) is 0 Å². The molecule has 0 atom stereocenters. The molecule has 2 aromatic rings. The van der Waals surface area contributed by atoms with E-state index >= 15 is 0 Å². The summed E-state index contributed by atoms with van der Waals surface area (Å²) in [5.74, 6) is -0.143. The van der Waals surface area contributed by atoms with Gasteiger partial charge in [-0.2, -0.15) is 5.10 Å². The van der Waals surface area contributed by atoms with Gasteiger partial charge in [0, 0.05) is 38.7 Å². The second-order valence-corrected chi connectivity index (χ2v) is 5.18. The number of hydrogen-bond donors (Lipinski definition) is 1. The summed E-state index contributed by atoms with van der Waals surface area (Å²) in [6.45, 7) is 1.48. The highest BCUT2D eigenvalue weighted by atomic mass is 35.5. The maximum atomic E-state index is 11.9. The van der Waals surface area contributed by atoms with Crippen LogP contribution in [0.4, 0.5) is 5.69 Å². The highest BCUT2D eigenvalue weighted by molar-refractivity contribution is 6.33. The number of halogens is 1. The second kappa shape index (κ2) is 5.13. The van der Waals surface area contributed by atoms with Crippen molar-refractivity contribution in [2.75, 3.05) is 18.0 Å². The number of anilines is 1. The van der Waals surface area contributed by atoms with Gasteiger partial charge in [0.05, 0.1) is 16.8 Å². The number of carbonyl (C=O) groups excluding carboxylic acids is 1. The Balaban J connectivity index is 1.56. The molecule has 0 bridgehead atoms. The summed E-state index contributed by atoms with van der Waals surface area (Å²) >= 11 is 6.08. The lowest BCUT2D eigenvalue weighted by Crippen LogP contribution is -2.59. The highest BCUT2D eigenvalue weighted by Crippen LogP contribution is 2.27. The fourth-order valence-electron chi connectivity index (χ4n) is 2.19. The molecule has 0 saturated carbocycles. The third kappa shape index (κ3) is 2.46. The van der Waals surface area contributed by atoms with E-state index in [4.69, 9.17) is 11.6 Å². The third-order valence-corrected chi connectivity index (χ3v) is 3.55. The Bertz CT molecular complexity index is 635. The van der Waals surface area contributed by atoms with Crippen molar-refractivity contribution in [3.05, 3.63) is 41.4 Å². The number of nitrogens with zero attached hydrogens (tertiary/aromatic N) is 4. The van der Waals surface area contributed by atoms with Crippen molar-refractivity contribution >= 4 is 23.2 Å². The molecule has 0 spiro atoms. The zero-order chi connectivity index (χ0) is 14.1. The van der Waals surface area contributed by atoms with Gasteiger partial charge in [0.2, 0.25) is 0 Å². The summed E-state index contributed by atoms with van der Waals surface area (Å²) in [7, 11) is 1.79. The summed E-state index contributed by atoms with van der Waals surface area (Å²) < 4.78 is 1.61.